The molecule has 20 heavy (non-hydrogen) atoms. The number of hydrogen-bond acceptors (Lipinski definition) is 1. The smallest absolute Gasteiger partial charge is 0.147 e. The average molecular weight is 361 g/mol. The van der Waals surface area contributed by atoms with Gasteiger partial charge in [0.05, 0.1) is 5.02 Å². The maximum Gasteiger partial charge on any atom is 0.147 e. The Morgan fingerprint density at radius 2 is 1.95 bits per heavy atom. The molecule has 106 valence electrons. The summed E-state index contributed by atoms with van der Waals surface area (Å²) < 4.78 is 27.9. The van der Waals surface area contributed by atoms with Crippen molar-refractivity contribution in [1.29, 1.82) is 0 Å². The molecule has 0 amide bonds. The number of rotatable bonds is 3. The van der Waals surface area contributed by atoms with Gasteiger partial charge in [0.1, 0.15) is 11.6 Å². The zero-order chi connectivity index (χ0) is 14.9. The Labute approximate surface area is 129 Å². The van der Waals surface area contributed by atoms with E-state index in [1.807, 2.05) is 0 Å². The molecule has 2 aromatic rings. The molecule has 0 aromatic heterocycles. The second kappa shape index (κ2) is 5.80. The summed E-state index contributed by atoms with van der Waals surface area (Å²) in [5, 5.41) is -0.00147. The fourth-order valence-electron chi connectivity index (χ4n) is 2.13. The van der Waals surface area contributed by atoms with Crippen molar-refractivity contribution in [2.75, 3.05) is 0 Å². The third kappa shape index (κ3) is 3.19. The molecule has 0 saturated heterocycles. The number of hydrogen-bond donors (Lipinski definition) is 1. The fourth-order valence-corrected chi connectivity index (χ4v) is 2.60. The van der Waals surface area contributed by atoms with Gasteiger partial charge in [-0.2, -0.15) is 0 Å². The fraction of sp³-hybridized carbons (Fsp3) is 0.200. The van der Waals surface area contributed by atoms with Gasteiger partial charge in [-0.25, -0.2) is 8.78 Å². The quantitative estimate of drug-likeness (QED) is 0.782. The van der Waals surface area contributed by atoms with Crippen molar-refractivity contribution in [3.05, 3.63) is 68.7 Å². The van der Waals surface area contributed by atoms with E-state index in [1.165, 1.54) is 12.1 Å². The Morgan fingerprint density at radius 1 is 1.25 bits per heavy atom. The Bertz CT molecular complexity index is 644. The van der Waals surface area contributed by atoms with Crippen molar-refractivity contribution in [3.63, 3.8) is 0 Å². The minimum Gasteiger partial charge on any atom is -0.321 e. The summed E-state index contributed by atoms with van der Waals surface area (Å²) in [6.45, 7) is 1.69. The van der Waals surface area contributed by atoms with Gasteiger partial charge in [-0.1, -0.05) is 29.8 Å². The average Bonchev–Trinajstić information content (AvgIpc) is 2.35. The van der Waals surface area contributed by atoms with Gasteiger partial charge in [-0.05, 0) is 53.0 Å². The molecular formula is C15H13BrClF2N. The van der Waals surface area contributed by atoms with Gasteiger partial charge in [0.25, 0.3) is 0 Å². The molecule has 0 saturated carbocycles. The molecule has 0 spiro atoms. The van der Waals surface area contributed by atoms with Crippen LogP contribution in [0.2, 0.25) is 5.02 Å². The van der Waals surface area contributed by atoms with Crippen LogP contribution in [0.4, 0.5) is 8.78 Å². The topological polar surface area (TPSA) is 26.0 Å². The lowest BCUT2D eigenvalue weighted by atomic mass is 9.86. The van der Waals surface area contributed by atoms with Crippen molar-refractivity contribution in [2.45, 2.75) is 18.9 Å². The molecule has 0 radical (unpaired) electrons. The molecule has 0 fully saturated rings. The van der Waals surface area contributed by atoms with Gasteiger partial charge in [0, 0.05) is 15.6 Å². The van der Waals surface area contributed by atoms with E-state index in [-0.39, 0.29) is 10.8 Å². The molecule has 5 heteroatoms. The van der Waals surface area contributed by atoms with Crippen molar-refractivity contribution in [3.8, 4) is 0 Å². The Hall–Kier alpha value is -0.970. The lowest BCUT2D eigenvalue weighted by molar-refractivity contribution is 0.456. The summed E-state index contributed by atoms with van der Waals surface area (Å²) in [4.78, 5) is 0. The summed E-state index contributed by atoms with van der Waals surface area (Å²) in [7, 11) is 0. The van der Waals surface area contributed by atoms with Crippen LogP contribution in [0, 0.1) is 11.6 Å². The third-order valence-electron chi connectivity index (χ3n) is 3.11. The molecule has 1 unspecified atom stereocenters. The molecule has 0 bridgehead atoms. The normalized spacial score (nSPS) is 14.1. The highest BCUT2D eigenvalue weighted by Gasteiger charge is 2.27. The summed E-state index contributed by atoms with van der Waals surface area (Å²) in [6.07, 6.45) is 0.305. The van der Waals surface area contributed by atoms with E-state index in [0.717, 1.165) is 0 Å². The van der Waals surface area contributed by atoms with E-state index < -0.39 is 11.4 Å². The van der Waals surface area contributed by atoms with Gasteiger partial charge >= 0.3 is 0 Å². The zero-order valence-corrected chi connectivity index (χ0v) is 13.1. The highest BCUT2D eigenvalue weighted by Crippen LogP contribution is 2.33. The van der Waals surface area contributed by atoms with E-state index in [2.05, 4.69) is 15.9 Å². The van der Waals surface area contributed by atoms with Crippen LogP contribution in [0.15, 0.2) is 40.9 Å². The van der Waals surface area contributed by atoms with E-state index in [0.29, 0.717) is 22.0 Å². The van der Waals surface area contributed by atoms with Crippen molar-refractivity contribution in [1.82, 2.24) is 0 Å². The van der Waals surface area contributed by atoms with Crippen LogP contribution < -0.4 is 5.73 Å². The Morgan fingerprint density at radius 3 is 2.60 bits per heavy atom. The van der Waals surface area contributed by atoms with Crippen LogP contribution in [0.25, 0.3) is 0 Å². The predicted octanol–water partition coefficient (Wildman–Crippen LogP) is 4.80. The van der Waals surface area contributed by atoms with Gasteiger partial charge in [-0.15, -0.1) is 0 Å². The number of nitrogens with two attached hydrogens (primary N) is 1. The van der Waals surface area contributed by atoms with Gasteiger partial charge in [0.2, 0.25) is 0 Å². The molecule has 2 rings (SSSR count). The highest BCUT2D eigenvalue weighted by molar-refractivity contribution is 9.10. The van der Waals surface area contributed by atoms with Crippen LogP contribution in [0.5, 0.6) is 0 Å². The van der Waals surface area contributed by atoms with Crippen LogP contribution in [-0.2, 0) is 12.0 Å². The molecule has 2 N–H and O–H groups in total. The summed E-state index contributed by atoms with van der Waals surface area (Å²) in [5.41, 5.74) is 6.22. The molecule has 1 nitrogen and oxygen atoms in total. The molecule has 0 heterocycles. The lowest BCUT2D eigenvalue weighted by Crippen LogP contribution is -2.36. The first kappa shape index (κ1) is 15.4. The van der Waals surface area contributed by atoms with Crippen LogP contribution in [0.3, 0.4) is 0 Å². The molecular weight excluding hydrogens is 348 g/mol. The van der Waals surface area contributed by atoms with Crippen LogP contribution in [0.1, 0.15) is 18.1 Å². The summed E-state index contributed by atoms with van der Waals surface area (Å²) >= 11 is 9.04. The van der Waals surface area contributed by atoms with E-state index >= 15 is 0 Å². The molecule has 1 atom stereocenters. The summed E-state index contributed by atoms with van der Waals surface area (Å²) in [6, 6.07) is 9.35. The maximum absolute atomic E-state index is 14.2. The van der Waals surface area contributed by atoms with E-state index in [9.17, 15) is 8.78 Å². The maximum atomic E-state index is 14.2. The van der Waals surface area contributed by atoms with Gasteiger partial charge in [0.15, 0.2) is 0 Å². The lowest BCUT2D eigenvalue weighted by Gasteiger charge is -2.26. The number of benzene rings is 2. The second-order valence-corrected chi connectivity index (χ2v) is 6.18. The van der Waals surface area contributed by atoms with Gasteiger partial charge in [-0.3, -0.25) is 0 Å². The SMILES string of the molecule is CC(N)(Cc1cccc(F)c1)c1ccc(Br)c(Cl)c1F. The van der Waals surface area contributed by atoms with Crippen molar-refractivity contribution in [2.24, 2.45) is 5.73 Å². The molecule has 0 aliphatic carbocycles. The first-order valence-electron chi connectivity index (χ1n) is 5.98. The molecule has 2 aromatic carbocycles. The van der Waals surface area contributed by atoms with Crippen molar-refractivity contribution >= 4 is 27.5 Å². The number of halogens is 4. The van der Waals surface area contributed by atoms with E-state index in [1.54, 1.807) is 31.2 Å². The second-order valence-electron chi connectivity index (χ2n) is 4.95. The van der Waals surface area contributed by atoms with E-state index in [4.69, 9.17) is 17.3 Å². The minimum atomic E-state index is -0.984. The van der Waals surface area contributed by atoms with Crippen molar-refractivity contribution < 1.29 is 8.78 Å². The first-order valence-corrected chi connectivity index (χ1v) is 7.15. The predicted molar refractivity (Wildman–Crippen MR) is 80.8 cm³/mol. The monoisotopic (exact) mass is 359 g/mol. The Balaban J connectivity index is 2.38. The van der Waals surface area contributed by atoms with Crippen LogP contribution in [-0.4, -0.2) is 0 Å². The summed E-state index contributed by atoms with van der Waals surface area (Å²) in [5.74, 6) is -0.893. The van der Waals surface area contributed by atoms with Crippen LogP contribution >= 0.6 is 27.5 Å². The molecule has 0 aliphatic rings. The molecule has 0 aliphatic heterocycles. The largest absolute Gasteiger partial charge is 0.321 e. The first-order chi connectivity index (χ1) is 9.31. The third-order valence-corrected chi connectivity index (χ3v) is 4.37. The van der Waals surface area contributed by atoms with Gasteiger partial charge < -0.3 is 5.73 Å². The standard InChI is InChI=1S/C15H13BrClF2N/c1-15(20,8-9-3-2-4-10(18)7-9)11-5-6-12(16)13(17)14(11)19/h2-7H,8,20H2,1H3. The zero-order valence-electron chi connectivity index (χ0n) is 10.8. The Kier molecular flexibility index (Phi) is 4.47. The minimum absolute atomic E-state index is 0.00147. The highest BCUT2D eigenvalue weighted by atomic mass is 79.9.